The van der Waals surface area contributed by atoms with Gasteiger partial charge in [-0.05, 0) is 23.3 Å². The molecule has 2 heterocycles. The first-order valence-electron chi connectivity index (χ1n) is 5.30. The molecule has 0 unspecified atom stereocenters. The molecule has 0 atom stereocenters. The molecule has 0 saturated heterocycles. The van der Waals surface area contributed by atoms with Gasteiger partial charge in [-0.15, -0.1) is 5.10 Å². The van der Waals surface area contributed by atoms with E-state index in [0.717, 1.165) is 23.7 Å². The summed E-state index contributed by atoms with van der Waals surface area (Å²) in [5.41, 5.74) is 5.72. The van der Waals surface area contributed by atoms with Gasteiger partial charge in [0.1, 0.15) is 5.03 Å². The van der Waals surface area contributed by atoms with E-state index in [1.54, 1.807) is 12.4 Å². The van der Waals surface area contributed by atoms with Gasteiger partial charge in [-0.2, -0.15) is 0 Å². The molecule has 2 aromatic rings. The van der Waals surface area contributed by atoms with Crippen LogP contribution in [-0.4, -0.2) is 30.2 Å². The maximum Gasteiger partial charge on any atom is 0.161 e. The summed E-state index contributed by atoms with van der Waals surface area (Å²) in [7, 11) is 0. The number of nitrogens with two attached hydrogens (primary N) is 1. The van der Waals surface area contributed by atoms with E-state index in [0.29, 0.717) is 17.6 Å². The van der Waals surface area contributed by atoms with Crippen LogP contribution in [0.3, 0.4) is 0 Å². The Hall–Kier alpha value is -1.70. The molecule has 7 nitrogen and oxygen atoms in total. The van der Waals surface area contributed by atoms with Crippen molar-refractivity contribution >= 4 is 17.6 Å². The number of tetrazole rings is 1. The SMILES string of the molecule is Nc1nccnc1SCc1nnnn1C1CC1. The zero-order valence-corrected chi connectivity index (χ0v) is 9.84. The number of anilines is 1. The topological polar surface area (TPSA) is 95.4 Å². The number of thioether (sulfide) groups is 1. The van der Waals surface area contributed by atoms with Crippen molar-refractivity contribution in [2.75, 3.05) is 5.73 Å². The standard InChI is InChI=1S/C9H11N7S/c10-8-9(12-4-3-11-8)17-5-7-13-14-15-16(7)6-1-2-6/h3-4,6H,1-2,5H2,(H2,10,11). The Kier molecular flexibility index (Phi) is 2.63. The van der Waals surface area contributed by atoms with Crippen LogP contribution in [0.1, 0.15) is 24.7 Å². The van der Waals surface area contributed by atoms with Gasteiger partial charge in [0.05, 0.1) is 11.8 Å². The Balaban J connectivity index is 1.71. The van der Waals surface area contributed by atoms with E-state index in [4.69, 9.17) is 5.73 Å². The monoisotopic (exact) mass is 249 g/mol. The summed E-state index contributed by atoms with van der Waals surface area (Å²) in [6, 6.07) is 0.486. The minimum Gasteiger partial charge on any atom is -0.381 e. The molecule has 0 radical (unpaired) electrons. The molecule has 0 aliphatic heterocycles. The maximum absolute atomic E-state index is 5.72. The Labute approximate surface area is 102 Å². The predicted octanol–water partition coefficient (Wildman–Crippen LogP) is 0.672. The fraction of sp³-hybridized carbons (Fsp3) is 0.444. The summed E-state index contributed by atoms with van der Waals surface area (Å²) in [6.45, 7) is 0. The highest BCUT2D eigenvalue weighted by molar-refractivity contribution is 7.98. The van der Waals surface area contributed by atoms with E-state index in [1.807, 2.05) is 4.68 Å². The van der Waals surface area contributed by atoms with E-state index >= 15 is 0 Å². The van der Waals surface area contributed by atoms with Crippen molar-refractivity contribution in [1.82, 2.24) is 30.2 Å². The quantitative estimate of drug-likeness (QED) is 0.795. The van der Waals surface area contributed by atoms with Gasteiger partial charge in [-0.25, -0.2) is 14.6 Å². The predicted molar refractivity (Wildman–Crippen MR) is 62.1 cm³/mol. The summed E-state index contributed by atoms with van der Waals surface area (Å²) in [4.78, 5) is 8.15. The molecule has 88 valence electrons. The molecule has 2 aromatic heterocycles. The Morgan fingerprint density at radius 3 is 2.94 bits per heavy atom. The molecule has 2 N–H and O–H groups in total. The minimum absolute atomic E-state index is 0.447. The lowest BCUT2D eigenvalue weighted by Gasteiger charge is -2.03. The Morgan fingerprint density at radius 1 is 1.35 bits per heavy atom. The van der Waals surface area contributed by atoms with E-state index < -0.39 is 0 Å². The van der Waals surface area contributed by atoms with Crippen molar-refractivity contribution in [3.63, 3.8) is 0 Å². The molecule has 1 aliphatic rings. The number of rotatable bonds is 4. The van der Waals surface area contributed by atoms with Gasteiger partial charge < -0.3 is 5.73 Å². The highest BCUT2D eigenvalue weighted by Gasteiger charge is 2.27. The second-order valence-electron chi connectivity index (χ2n) is 3.81. The summed E-state index contributed by atoms with van der Waals surface area (Å²) in [5, 5.41) is 12.4. The average molecular weight is 249 g/mol. The molecular formula is C9H11N7S. The third-order valence-corrected chi connectivity index (χ3v) is 3.47. The highest BCUT2D eigenvalue weighted by Crippen LogP contribution is 2.35. The smallest absolute Gasteiger partial charge is 0.161 e. The molecule has 1 fully saturated rings. The largest absolute Gasteiger partial charge is 0.381 e. The first-order chi connectivity index (χ1) is 8.34. The van der Waals surface area contributed by atoms with Crippen LogP contribution in [0.5, 0.6) is 0 Å². The van der Waals surface area contributed by atoms with Crippen LogP contribution in [0.15, 0.2) is 17.4 Å². The first-order valence-corrected chi connectivity index (χ1v) is 6.29. The molecule has 17 heavy (non-hydrogen) atoms. The van der Waals surface area contributed by atoms with Crippen LogP contribution in [0.2, 0.25) is 0 Å². The van der Waals surface area contributed by atoms with Crippen molar-refractivity contribution in [3.05, 3.63) is 18.2 Å². The third-order valence-electron chi connectivity index (χ3n) is 2.48. The second-order valence-corrected chi connectivity index (χ2v) is 4.77. The molecule has 0 bridgehead atoms. The van der Waals surface area contributed by atoms with Crippen LogP contribution in [-0.2, 0) is 5.75 Å². The van der Waals surface area contributed by atoms with E-state index in [1.165, 1.54) is 11.8 Å². The molecule has 3 rings (SSSR count). The number of aromatic nitrogens is 6. The van der Waals surface area contributed by atoms with Crippen LogP contribution < -0.4 is 5.73 Å². The van der Waals surface area contributed by atoms with E-state index in [9.17, 15) is 0 Å². The minimum atomic E-state index is 0.447. The molecule has 1 aliphatic carbocycles. The zero-order valence-electron chi connectivity index (χ0n) is 9.02. The molecular weight excluding hydrogens is 238 g/mol. The molecule has 1 saturated carbocycles. The summed E-state index contributed by atoms with van der Waals surface area (Å²) in [6.07, 6.45) is 5.53. The van der Waals surface area contributed by atoms with Crippen molar-refractivity contribution < 1.29 is 0 Å². The summed E-state index contributed by atoms with van der Waals surface area (Å²) < 4.78 is 1.89. The zero-order chi connectivity index (χ0) is 11.7. The van der Waals surface area contributed by atoms with Crippen LogP contribution in [0.25, 0.3) is 0 Å². The summed E-state index contributed by atoms with van der Waals surface area (Å²) in [5.74, 6) is 1.97. The molecule has 0 spiro atoms. The molecule has 8 heteroatoms. The summed E-state index contributed by atoms with van der Waals surface area (Å²) >= 11 is 1.50. The van der Waals surface area contributed by atoms with E-state index in [-0.39, 0.29) is 0 Å². The van der Waals surface area contributed by atoms with Crippen molar-refractivity contribution in [3.8, 4) is 0 Å². The third kappa shape index (κ3) is 2.21. The molecule has 0 aromatic carbocycles. The van der Waals surface area contributed by atoms with Crippen molar-refractivity contribution in [1.29, 1.82) is 0 Å². The van der Waals surface area contributed by atoms with Gasteiger partial charge in [-0.3, -0.25) is 0 Å². The first kappa shape index (κ1) is 10.5. The van der Waals surface area contributed by atoms with Gasteiger partial charge in [0.15, 0.2) is 11.6 Å². The van der Waals surface area contributed by atoms with Gasteiger partial charge in [-0.1, -0.05) is 11.8 Å². The van der Waals surface area contributed by atoms with E-state index in [2.05, 4.69) is 25.5 Å². The normalized spacial score (nSPS) is 15.1. The van der Waals surface area contributed by atoms with Gasteiger partial charge in [0.2, 0.25) is 0 Å². The van der Waals surface area contributed by atoms with Crippen LogP contribution in [0, 0.1) is 0 Å². The average Bonchev–Trinajstić information content (AvgIpc) is 3.08. The Morgan fingerprint density at radius 2 is 2.18 bits per heavy atom. The number of hydrogen-bond donors (Lipinski definition) is 1. The molecule has 0 amide bonds. The fourth-order valence-corrected chi connectivity index (χ4v) is 2.28. The van der Waals surface area contributed by atoms with Crippen LogP contribution in [0.4, 0.5) is 5.82 Å². The fourth-order valence-electron chi connectivity index (χ4n) is 1.49. The lowest BCUT2D eigenvalue weighted by molar-refractivity contribution is 0.593. The Bertz CT molecular complexity index is 522. The van der Waals surface area contributed by atoms with Crippen molar-refractivity contribution in [2.45, 2.75) is 29.7 Å². The van der Waals surface area contributed by atoms with Gasteiger partial charge in [0.25, 0.3) is 0 Å². The number of nitrogens with zero attached hydrogens (tertiary/aromatic N) is 6. The lowest BCUT2D eigenvalue weighted by atomic mass is 10.6. The highest BCUT2D eigenvalue weighted by atomic mass is 32.2. The maximum atomic E-state index is 5.72. The van der Waals surface area contributed by atoms with Gasteiger partial charge >= 0.3 is 0 Å². The van der Waals surface area contributed by atoms with Crippen molar-refractivity contribution in [2.24, 2.45) is 0 Å². The van der Waals surface area contributed by atoms with Gasteiger partial charge in [0, 0.05) is 12.4 Å². The number of nitrogen functional groups attached to an aromatic ring is 1. The lowest BCUT2D eigenvalue weighted by Crippen LogP contribution is -2.03. The van der Waals surface area contributed by atoms with Crippen LogP contribution >= 0.6 is 11.8 Å². The second kappa shape index (κ2) is 4.28. The number of hydrogen-bond acceptors (Lipinski definition) is 7.